The van der Waals surface area contributed by atoms with Crippen molar-refractivity contribution in [2.45, 2.75) is 105 Å². The van der Waals surface area contributed by atoms with Crippen molar-refractivity contribution < 1.29 is 19.8 Å². The highest BCUT2D eigenvalue weighted by atomic mass is 16.4. The summed E-state index contributed by atoms with van der Waals surface area (Å²) in [6.07, 6.45) is 12.9. The predicted molar refractivity (Wildman–Crippen MR) is 119 cm³/mol. The minimum absolute atomic E-state index is 0.342. The lowest BCUT2D eigenvalue weighted by Gasteiger charge is -2.13. The molecule has 0 amide bonds. The van der Waals surface area contributed by atoms with Crippen molar-refractivity contribution in [1.82, 2.24) is 0 Å². The predicted octanol–water partition coefficient (Wildman–Crippen LogP) is 7.25. The molecule has 2 N–H and O–H groups in total. The van der Waals surface area contributed by atoms with E-state index in [4.69, 9.17) is 10.2 Å². The molecule has 0 aromatic heterocycles. The first-order valence-electron chi connectivity index (χ1n) is 11.0. The summed E-state index contributed by atoms with van der Waals surface area (Å²) in [4.78, 5) is 20.9. The average Bonchev–Trinajstić information content (AvgIpc) is 2.64. The zero-order chi connectivity index (χ0) is 21.9. The van der Waals surface area contributed by atoms with Crippen molar-refractivity contribution in [2.24, 2.45) is 11.8 Å². The van der Waals surface area contributed by atoms with Gasteiger partial charge in [-0.2, -0.15) is 0 Å². The molecule has 0 bridgehead atoms. The number of aliphatic carboxylic acids is 2. The number of hydrogen-bond acceptors (Lipinski definition) is 2. The molecule has 0 heterocycles. The Hall–Kier alpha value is -1.58. The highest BCUT2D eigenvalue weighted by Crippen LogP contribution is 2.20. The fourth-order valence-corrected chi connectivity index (χ4v) is 2.88. The lowest BCUT2D eigenvalue weighted by atomic mass is 9.93. The van der Waals surface area contributed by atoms with Crippen LogP contribution < -0.4 is 0 Å². The van der Waals surface area contributed by atoms with Gasteiger partial charge in [-0.3, -0.25) is 0 Å². The van der Waals surface area contributed by atoms with E-state index in [9.17, 15) is 9.59 Å². The lowest BCUT2D eigenvalue weighted by molar-refractivity contribution is -0.133. The van der Waals surface area contributed by atoms with Crippen LogP contribution in [0.3, 0.4) is 0 Å². The van der Waals surface area contributed by atoms with Gasteiger partial charge in [0.15, 0.2) is 0 Å². The van der Waals surface area contributed by atoms with Gasteiger partial charge in [0.25, 0.3) is 0 Å². The number of unbranched alkanes of at least 4 members (excludes halogenated alkanes) is 4. The van der Waals surface area contributed by atoms with Crippen molar-refractivity contribution in [3.05, 3.63) is 24.3 Å². The Bertz CT molecular complexity index is 452. The Balaban J connectivity index is 0. The van der Waals surface area contributed by atoms with Crippen molar-refractivity contribution in [3.63, 3.8) is 0 Å². The Kier molecular flexibility index (Phi) is 19.2. The molecule has 0 aliphatic rings. The van der Waals surface area contributed by atoms with Crippen LogP contribution in [-0.2, 0) is 9.59 Å². The van der Waals surface area contributed by atoms with Crippen molar-refractivity contribution in [2.75, 3.05) is 0 Å². The summed E-state index contributed by atoms with van der Waals surface area (Å²) < 4.78 is 0. The summed E-state index contributed by atoms with van der Waals surface area (Å²) in [5.41, 5.74) is 0.689. The molecule has 4 nitrogen and oxygen atoms in total. The van der Waals surface area contributed by atoms with Crippen LogP contribution in [-0.4, -0.2) is 22.2 Å². The van der Waals surface area contributed by atoms with E-state index < -0.39 is 11.9 Å². The molecule has 1 atom stereocenters. The third-order valence-corrected chi connectivity index (χ3v) is 5.01. The van der Waals surface area contributed by atoms with Gasteiger partial charge in [0.2, 0.25) is 0 Å². The molecule has 1 unspecified atom stereocenters. The molecule has 4 heteroatoms. The molecule has 0 radical (unpaired) electrons. The van der Waals surface area contributed by atoms with Crippen LogP contribution in [0.2, 0.25) is 0 Å². The van der Waals surface area contributed by atoms with E-state index >= 15 is 0 Å². The summed E-state index contributed by atoms with van der Waals surface area (Å²) in [7, 11) is 0. The number of carboxylic acids is 2. The molecule has 0 aromatic carbocycles. The molecule has 0 saturated carbocycles. The first kappa shape index (κ1) is 28.6. The van der Waals surface area contributed by atoms with Crippen molar-refractivity contribution >= 4 is 11.9 Å². The van der Waals surface area contributed by atoms with Gasteiger partial charge in [0, 0.05) is 11.1 Å². The minimum Gasteiger partial charge on any atom is -0.478 e. The Morgan fingerprint density at radius 3 is 1.75 bits per heavy atom. The summed E-state index contributed by atoms with van der Waals surface area (Å²) >= 11 is 0. The van der Waals surface area contributed by atoms with Gasteiger partial charge in [0.1, 0.15) is 0 Å². The van der Waals surface area contributed by atoms with Gasteiger partial charge in [-0.1, -0.05) is 92.2 Å². The molecule has 0 aromatic rings. The molecule has 0 rings (SSSR count). The van der Waals surface area contributed by atoms with E-state index in [0.717, 1.165) is 31.6 Å². The molecular weight excluding hydrogens is 352 g/mol. The Morgan fingerprint density at radius 1 is 0.750 bits per heavy atom. The van der Waals surface area contributed by atoms with Crippen LogP contribution in [0.5, 0.6) is 0 Å². The lowest BCUT2D eigenvalue weighted by Crippen LogP contribution is -2.04. The first-order chi connectivity index (χ1) is 13.1. The minimum atomic E-state index is -0.854. The molecule has 0 saturated heterocycles. The third kappa shape index (κ3) is 19.2. The number of rotatable bonds is 16. The van der Waals surface area contributed by atoms with E-state index in [-0.39, 0.29) is 0 Å². The van der Waals surface area contributed by atoms with Gasteiger partial charge in [-0.05, 0) is 37.5 Å². The van der Waals surface area contributed by atoms with Crippen molar-refractivity contribution in [3.8, 4) is 0 Å². The maximum atomic E-state index is 10.5. The molecule has 0 spiro atoms. The summed E-state index contributed by atoms with van der Waals surface area (Å²) in [5, 5.41) is 17.2. The van der Waals surface area contributed by atoms with Gasteiger partial charge >= 0.3 is 11.9 Å². The van der Waals surface area contributed by atoms with Gasteiger partial charge in [0.05, 0.1) is 0 Å². The monoisotopic (exact) mass is 396 g/mol. The molecule has 28 heavy (non-hydrogen) atoms. The summed E-state index contributed by atoms with van der Waals surface area (Å²) in [6.45, 7) is 15.9. The van der Waals surface area contributed by atoms with Gasteiger partial charge < -0.3 is 10.2 Å². The van der Waals surface area contributed by atoms with E-state index in [1.54, 1.807) is 0 Å². The van der Waals surface area contributed by atoms with Crippen LogP contribution in [0.4, 0.5) is 0 Å². The summed E-state index contributed by atoms with van der Waals surface area (Å²) in [6, 6.07) is 0. The molecule has 0 fully saturated rings. The maximum Gasteiger partial charge on any atom is 0.330 e. The normalized spacial score (nSPS) is 11.5. The second-order valence-corrected chi connectivity index (χ2v) is 8.12. The second kappa shape index (κ2) is 18.8. The van der Waals surface area contributed by atoms with Gasteiger partial charge in [-0.15, -0.1) is 0 Å². The topological polar surface area (TPSA) is 74.6 Å². The maximum absolute atomic E-state index is 10.5. The number of hydrogen-bond donors (Lipinski definition) is 2. The van der Waals surface area contributed by atoms with Crippen LogP contribution in [0.1, 0.15) is 105 Å². The van der Waals surface area contributed by atoms with Crippen molar-refractivity contribution in [1.29, 1.82) is 0 Å². The Labute approximate surface area is 173 Å². The van der Waals surface area contributed by atoms with E-state index in [0.29, 0.717) is 29.9 Å². The van der Waals surface area contributed by atoms with E-state index in [2.05, 4.69) is 40.9 Å². The van der Waals surface area contributed by atoms with E-state index in [1.165, 1.54) is 38.5 Å². The smallest absolute Gasteiger partial charge is 0.330 e. The SMILES string of the molecule is C=C(CCC(CC)CCCC)C(=O)O.C=C(CCCCCCC(C)C)C(=O)O. The van der Waals surface area contributed by atoms with Crippen LogP contribution in [0.25, 0.3) is 0 Å². The summed E-state index contributed by atoms with van der Waals surface area (Å²) in [5.74, 6) is -0.252. The molecule has 0 aliphatic heterocycles. The number of carbonyl (C=O) groups is 2. The quantitative estimate of drug-likeness (QED) is 0.213. The van der Waals surface area contributed by atoms with Crippen LogP contribution in [0, 0.1) is 11.8 Å². The second-order valence-electron chi connectivity index (χ2n) is 8.12. The highest BCUT2D eigenvalue weighted by Gasteiger charge is 2.09. The third-order valence-electron chi connectivity index (χ3n) is 5.01. The zero-order valence-electron chi connectivity index (χ0n) is 18.8. The molecular formula is C24H44O4. The molecule has 164 valence electrons. The number of carboxylic acid groups (broad SMARTS) is 2. The Morgan fingerprint density at radius 2 is 1.29 bits per heavy atom. The fraction of sp³-hybridized carbons (Fsp3) is 0.750. The largest absolute Gasteiger partial charge is 0.478 e. The highest BCUT2D eigenvalue weighted by molar-refractivity contribution is 5.85. The molecule has 0 aliphatic carbocycles. The average molecular weight is 397 g/mol. The van der Waals surface area contributed by atoms with Gasteiger partial charge in [-0.25, -0.2) is 9.59 Å². The van der Waals surface area contributed by atoms with E-state index in [1.807, 2.05) is 0 Å². The fourth-order valence-electron chi connectivity index (χ4n) is 2.88. The standard InChI is InChI=1S/2C12H22O2/c1-10(2)8-6-4-5-7-9-11(3)12(13)14;1-4-6-7-11(5-2)9-8-10(3)12(13)14/h10H,3-9H2,1-2H3,(H,13,14);11H,3-9H2,1-2H3,(H,13,14). The van der Waals surface area contributed by atoms with Crippen LogP contribution >= 0.6 is 0 Å². The van der Waals surface area contributed by atoms with Crippen LogP contribution in [0.15, 0.2) is 24.3 Å². The first-order valence-corrected chi connectivity index (χ1v) is 11.0. The zero-order valence-corrected chi connectivity index (χ0v) is 18.8.